The van der Waals surface area contributed by atoms with Gasteiger partial charge in [-0.3, -0.25) is 0 Å². The molecule has 0 radical (unpaired) electrons. The molecule has 3 aromatic rings. The Kier molecular flexibility index (Phi) is 6.57. The summed E-state index contributed by atoms with van der Waals surface area (Å²) in [5.74, 6) is 1.52. The van der Waals surface area contributed by atoms with Crippen LogP contribution in [0.4, 0.5) is 0 Å². The minimum absolute atomic E-state index is 0.0294. The molecule has 0 aliphatic rings. The number of ether oxygens (including phenoxy) is 2. The molecule has 6 nitrogen and oxygen atoms in total. The molecule has 0 saturated heterocycles. The first-order valence-electron chi connectivity index (χ1n) is 9.65. The van der Waals surface area contributed by atoms with Crippen LogP contribution in [-0.2, 0) is 25.7 Å². The van der Waals surface area contributed by atoms with E-state index in [4.69, 9.17) is 9.47 Å². The molecule has 0 bridgehead atoms. The highest BCUT2D eigenvalue weighted by Crippen LogP contribution is 2.32. The van der Waals surface area contributed by atoms with Crippen molar-refractivity contribution in [2.75, 3.05) is 14.2 Å². The van der Waals surface area contributed by atoms with Crippen LogP contribution < -0.4 is 9.47 Å². The van der Waals surface area contributed by atoms with Crippen LogP contribution in [0.2, 0.25) is 0 Å². The summed E-state index contributed by atoms with van der Waals surface area (Å²) in [7, 11) is 3.21. The third kappa shape index (κ3) is 5.29. The topological polar surface area (TPSA) is 99.4 Å². The Labute approximate surface area is 175 Å². The van der Waals surface area contributed by atoms with Crippen LogP contribution in [0.5, 0.6) is 34.5 Å². The zero-order valence-electron chi connectivity index (χ0n) is 17.1. The fourth-order valence-electron chi connectivity index (χ4n) is 3.59. The van der Waals surface area contributed by atoms with Crippen molar-refractivity contribution in [2.24, 2.45) is 0 Å². The normalized spacial score (nSPS) is 10.7. The molecular weight excluding hydrogens is 384 g/mol. The molecule has 3 rings (SSSR count). The second-order valence-corrected chi connectivity index (χ2v) is 7.19. The van der Waals surface area contributed by atoms with E-state index in [1.54, 1.807) is 38.5 Å². The Morgan fingerprint density at radius 2 is 0.867 bits per heavy atom. The van der Waals surface area contributed by atoms with Crippen molar-refractivity contribution in [1.29, 1.82) is 0 Å². The summed E-state index contributed by atoms with van der Waals surface area (Å²) in [6.07, 6.45) is 2.53. The average Bonchev–Trinajstić information content (AvgIpc) is 2.69. The van der Waals surface area contributed by atoms with E-state index in [0.29, 0.717) is 37.2 Å². The number of rotatable bonds is 8. The van der Waals surface area contributed by atoms with E-state index < -0.39 is 0 Å². The minimum Gasteiger partial charge on any atom is -0.508 e. The van der Waals surface area contributed by atoms with Crippen molar-refractivity contribution in [1.82, 2.24) is 0 Å². The maximum absolute atomic E-state index is 9.68. The maximum atomic E-state index is 9.68. The van der Waals surface area contributed by atoms with Crippen molar-refractivity contribution in [3.63, 3.8) is 0 Å². The molecule has 0 heterocycles. The van der Waals surface area contributed by atoms with Crippen LogP contribution in [0.1, 0.15) is 22.3 Å². The van der Waals surface area contributed by atoms with Gasteiger partial charge in [0.25, 0.3) is 0 Å². The predicted octanol–water partition coefficient (Wildman–Crippen LogP) is 4.10. The van der Waals surface area contributed by atoms with Crippen LogP contribution in [0, 0.1) is 0 Å². The summed E-state index contributed by atoms with van der Waals surface area (Å²) in [6.45, 7) is 0. The number of phenolic OH excluding ortho intramolecular Hbond substituents is 4. The van der Waals surface area contributed by atoms with Crippen LogP contribution in [0.25, 0.3) is 0 Å². The Morgan fingerprint density at radius 3 is 1.20 bits per heavy atom. The van der Waals surface area contributed by atoms with E-state index in [-0.39, 0.29) is 23.0 Å². The van der Waals surface area contributed by atoms with Gasteiger partial charge >= 0.3 is 0 Å². The van der Waals surface area contributed by atoms with Gasteiger partial charge < -0.3 is 29.9 Å². The van der Waals surface area contributed by atoms with Crippen LogP contribution in [0.15, 0.2) is 48.5 Å². The predicted molar refractivity (Wildman–Crippen MR) is 114 cm³/mol. The molecule has 0 aliphatic carbocycles. The van der Waals surface area contributed by atoms with Gasteiger partial charge in [0.05, 0.1) is 14.2 Å². The van der Waals surface area contributed by atoms with Crippen molar-refractivity contribution in [2.45, 2.75) is 25.7 Å². The molecule has 0 aromatic heterocycles. The van der Waals surface area contributed by atoms with Gasteiger partial charge in [-0.2, -0.15) is 0 Å². The molecule has 0 saturated carbocycles. The number of benzene rings is 3. The van der Waals surface area contributed by atoms with E-state index >= 15 is 0 Å². The standard InChI is InChI=1S/C24H26O6/c1-29-23-14-24(30-2)18(6-4-16-9-21(27)13-22(28)10-16)11-17(23)5-3-15-7-19(25)12-20(26)8-15/h7-14,25-28H,3-6H2,1-2H3. The zero-order valence-corrected chi connectivity index (χ0v) is 17.1. The fourth-order valence-corrected chi connectivity index (χ4v) is 3.59. The quantitative estimate of drug-likeness (QED) is 0.446. The van der Waals surface area contributed by atoms with Gasteiger partial charge in [0.1, 0.15) is 34.5 Å². The van der Waals surface area contributed by atoms with E-state index in [1.165, 1.54) is 12.1 Å². The highest BCUT2D eigenvalue weighted by Gasteiger charge is 2.13. The van der Waals surface area contributed by atoms with Crippen molar-refractivity contribution in [3.8, 4) is 34.5 Å². The van der Waals surface area contributed by atoms with E-state index in [2.05, 4.69) is 0 Å². The van der Waals surface area contributed by atoms with Gasteiger partial charge in [-0.25, -0.2) is 0 Å². The van der Waals surface area contributed by atoms with Gasteiger partial charge in [0, 0.05) is 18.2 Å². The molecule has 3 aromatic carbocycles. The smallest absolute Gasteiger partial charge is 0.125 e. The first-order chi connectivity index (χ1) is 14.4. The van der Waals surface area contributed by atoms with Crippen molar-refractivity contribution < 1.29 is 29.9 Å². The molecule has 30 heavy (non-hydrogen) atoms. The molecule has 0 amide bonds. The summed E-state index contributed by atoms with van der Waals surface area (Å²) in [5.41, 5.74) is 3.61. The number of methoxy groups -OCH3 is 2. The molecule has 158 valence electrons. The third-order valence-electron chi connectivity index (χ3n) is 4.97. The molecule has 0 atom stereocenters. The molecular formula is C24H26O6. The first-order valence-corrected chi connectivity index (χ1v) is 9.65. The fraction of sp³-hybridized carbons (Fsp3) is 0.250. The van der Waals surface area contributed by atoms with Gasteiger partial charge in [0.2, 0.25) is 0 Å². The number of hydrogen-bond donors (Lipinski definition) is 4. The van der Waals surface area contributed by atoms with Gasteiger partial charge in [-0.1, -0.05) is 0 Å². The molecule has 0 aliphatic heterocycles. The van der Waals surface area contributed by atoms with Crippen molar-refractivity contribution in [3.05, 3.63) is 70.8 Å². The summed E-state index contributed by atoms with van der Waals surface area (Å²) in [5, 5.41) is 38.7. The second kappa shape index (κ2) is 9.31. The Bertz CT molecular complexity index is 909. The molecule has 6 heteroatoms. The van der Waals surface area contributed by atoms with Gasteiger partial charge in [-0.05, 0) is 78.3 Å². The Balaban J connectivity index is 1.82. The van der Waals surface area contributed by atoms with E-state index in [0.717, 1.165) is 22.3 Å². The molecule has 0 unspecified atom stereocenters. The first kappa shape index (κ1) is 21.2. The third-order valence-corrected chi connectivity index (χ3v) is 4.97. The van der Waals surface area contributed by atoms with Crippen molar-refractivity contribution >= 4 is 0 Å². The van der Waals surface area contributed by atoms with Gasteiger partial charge in [0.15, 0.2) is 0 Å². The minimum atomic E-state index is 0.0294. The molecule has 0 fully saturated rings. The SMILES string of the molecule is COc1cc(OC)c(CCc2cc(O)cc(O)c2)cc1CCc1cc(O)cc(O)c1. The largest absolute Gasteiger partial charge is 0.508 e. The van der Waals surface area contributed by atoms with E-state index in [9.17, 15) is 20.4 Å². The highest BCUT2D eigenvalue weighted by molar-refractivity contribution is 5.48. The zero-order chi connectivity index (χ0) is 21.7. The lowest BCUT2D eigenvalue weighted by Gasteiger charge is -2.15. The monoisotopic (exact) mass is 410 g/mol. The number of hydrogen-bond acceptors (Lipinski definition) is 6. The average molecular weight is 410 g/mol. The Morgan fingerprint density at radius 1 is 0.500 bits per heavy atom. The highest BCUT2D eigenvalue weighted by atomic mass is 16.5. The van der Waals surface area contributed by atoms with Crippen LogP contribution in [-0.4, -0.2) is 34.6 Å². The van der Waals surface area contributed by atoms with Crippen LogP contribution in [0.3, 0.4) is 0 Å². The van der Waals surface area contributed by atoms with E-state index in [1.807, 2.05) is 12.1 Å². The summed E-state index contributed by atoms with van der Waals surface area (Å²) in [6, 6.07) is 13.0. The lowest BCUT2D eigenvalue weighted by molar-refractivity contribution is 0.387. The molecule has 0 spiro atoms. The lowest BCUT2D eigenvalue weighted by atomic mass is 9.97. The Hall–Kier alpha value is -3.54. The van der Waals surface area contributed by atoms with Gasteiger partial charge in [-0.15, -0.1) is 0 Å². The number of phenols is 4. The number of aryl methyl sites for hydroxylation is 4. The second-order valence-electron chi connectivity index (χ2n) is 7.19. The van der Waals surface area contributed by atoms with Crippen LogP contribution >= 0.6 is 0 Å². The summed E-state index contributed by atoms with van der Waals surface area (Å²) in [4.78, 5) is 0. The number of aromatic hydroxyl groups is 4. The maximum Gasteiger partial charge on any atom is 0.125 e. The lowest BCUT2D eigenvalue weighted by Crippen LogP contribution is -2.02. The molecule has 4 N–H and O–H groups in total. The summed E-state index contributed by atoms with van der Waals surface area (Å²) >= 11 is 0. The summed E-state index contributed by atoms with van der Waals surface area (Å²) < 4.78 is 11.1.